The zero-order valence-corrected chi connectivity index (χ0v) is 10.6. The van der Waals surface area contributed by atoms with E-state index < -0.39 is 0 Å². The van der Waals surface area contributed by atoms with E-state index in [9.17, 15) is 0 Å². The first-order valence-corrected chi connectivity index (χ1v) is 6.29. The number of aromatic nitrogens is 1. The molecule has 0 spiro atoms. The van der Waals surface area contributed by atoms with Crippen molar-refractivity contribution in [3.8, 4) is 5.88 Å². The monoisotopic (exact) mass is 249 g/mol. The van der Waals surface area contributed by atoms with Gasteiger partial charge in [0, 0.05) is 5.69 Å². The Balaban J connectivity index is 2.02. The van der Waals surface area contributed by atoms with Crippen LogP contribution >= 0.6 is 0 Å². The van der Waals surface area contributed by atoms with Crippen molar-refractivity contribution < 1.29 is 9.94 Å². The Morgan fingerprint density at radius 1 is 1.56 bits per heavy atom. The summed E-state index contributed by atoms with van der Waals surface area (Å²) in [6.07, 6.45) is 4.99. The van der Waals surface area contributed by atoms with Crippen LogP contribution in [-0.4, -0.2) is 22.6 Å². The molecule has 0 bridgehead atoms. The highest BCUT2D eigenvalue weighted by atomic mass is 16.5. The first-order valence-electron chi connectivity index (χ1n) is 6.29. The van der Waals surface area contributed by atoms with Crippen LogP contribution in [-0.2, 0) is 0 Å². The van der Waals surface area contributed by atoms with E-state index in [2.05, 4.69) is 10.1 Å². The van der Waals surface area contributed by atoms with Gasteiger partial charge in [0.25, 0.3) is 0 Å². The van der Waals surface area contributed by atoms with Gasteiger partial charge in [-0.2, -0.15) is 0 Å². The summed E-state index contributed by atoms with van der Waals surface area (Å²) in [7, 11) is 0. The molecule has 98 valence electrons. The maximum Gasteiger partial charge on any atom is 0.224 e. The molecule has 5 heteroatoms. The smallest absolute Gasteiger partial charge is 0.224 e. The number of hydrogen-bond acceptors (Lipinski definition) is 4. The molecule has 5 nitrogen and oxygen atoms in total. The van der Waals surface area contributed by atoms with Crippen LogP contribution in [0.3, 0.4) is 0 Å². The molecule has 1 aromatic rings. The van der Waals surface area contributed by atoms with Crippen molar-refractivity contribution in [2.24, 2.45) is 16.8 Å². The lowest BCUT2D eigenvalue weighted by Gasteiger charge is -2.25. The topological polar surface area (TPSA) is 80.7 Å². The number of hydrogen-bond donors (Lipinski definition) is 2. The average molecular weight is 249 g/mol. The maximum absolute atomic E-state index is 8.72. The van der Waals surface area contributed by atoms with Gasteiger partial charge in [-0.1, -0.05) is 24.4 Å². The Morgan fingerprint density at radius 3 is 2.94 bits per heavy atom. The van der Waals surface area contributed by atoms with Crippen LogP contribution in [0, 0.1) is 12.8 Å². The number of aryl methyl sites for hydroxylation is 1. The molecule has 0 saturated heterocycles. The van der Waals surface area contributed by atoms with E-state index in [-0.39, 0.29) is 5.84 Å². The van der Waals surface area contributed by atoms with E-state index in [1.54, 1.807) is 6.07 Å². The number of oxime groups is 1. The molecular formula is C13H19N3O2. The summed E-state index contributed by atoms with van der Waals surface area (Å²) in [5.74, 6) is 1.27. The van der Waals surface area contributed by atoms with Gasteiger partial charge in [0.15, 0.2) is 5.84 Å². The molecule has 0 aromatic carbocycles. The summed E-state index contributed by atoms with van der Waals surface area (Å²) in [5, 5.41) is 11.7. The molecule has 1 saturated carbocycles. The van der Waals surface area contributed by atoms with Gasteiger partial charge in [0.1, 0.15) is 0 Å². The standard InChI is InChI=1S/C13H19N3O2/c1-9-5-6-11(12(14)16-17)13(15-9)18-8-7-10-3-2-4-10/h5-6,10,17H,2-4,7-8H2,1H3,(H2,14,16). The zero-order chi connectivity index (χ0) is 13.0. The van der Waals surface area contributed by atoms with Crippen molar-refractivity contribution in [1.29, 1.82) is 0 Å². The molecule has 1 aliphatic carbocycles. The third kappa shape index (κ3) is 2.91. The van der Waals surface area contributed by atoms with E-state index in [1.807, 2.05) is 13.0 Å². The predicted molar refractivity (Wildman–Crippen MR) is 68.9 cm³/mol. The molecule has 0 radical (unpaired) electrons. The molecule has 1 heterocycles. The number of nitrogens with two attached hydrogens (primary N) is 1. The van der Waals surface area contributed by atoms with Crippen LogP contribution in [0.25, 0.3) is 0 Å². The summed E-state index contributed by atoms with van der Waals surface area (Å²) in [6.45, 7) is 2.52. The highest BCUT2D eigenvalue weighted by Gasteiger charge is 2.18. The third-order valence-corrected chi connectivity index (χ3v) is 3.37. The van der Waals surface area contributed by atoms with Crippen LogP contribution < -0.4 is 10.5 Å². The number of pyridine rings is 1. The van der Waals surface area contributed by atoms with Crippen molar-refractivity contribution >= 4 is 5.84 Å². The molecule has 0 atom stereocenters. The predicted octanol–water partition coefficient (Wildman–Crippen LogP) is 2.05. The number of ether oxygens (including phenoxy) is 1. The molecule has 0 unspecified atom stereocenters. The first-order chi connectivity index (χ1) is 8.70. The Bertz CT molecular complexity index is 442. The van der Waals surface area contributed by atoms with E-state index in [0.29, 0.717) is 18.1 Å². The quantitative estimate of drug-likeness (QED) is 0.362. The number of rotatable bonds is 5. The summed E-state index contributed by atoms with van der Waals surface area (Å²) < 4.78 is 5.66. The molecule has 0 amide bonds. The summed E-state index contributed by atoms with van der Waals surface area (Å²) in [6, 6.07) is 3.57. The van der Waals surface area contributed by atoms with Gasteiger partial charge in [-0.15, -0.1) is 0 Å². The molecular weight excluding hydrogens is 230 g/mol. The number of nitrogens with zero attached hydrogens (tertiary/aromatic N) is 2. The Hall–Kier alpha value is -1.78. The van der Waals surface area contributed by atoms with E-state index in [4.69, 9.17) is 15.7 Å². The fourth-order valence-electron chi connectivity index (χ4n) is 2.00. The molecule has 1 aliphatic rings. The lowest BCUT2D eigenvalue weighted by Crippen LogP contribution is -2.18. The van der Waals surface area contributed by atoms with E-state index >= 15 is 0 Å². The maximum atomic E-state index is 8.72. The molecule has 2 rings (SSSR count). The summed E-state index contributed by atoms with van der Waals surface area (Å²) in [5.41, 5.74) is 6.98. The highest BCUT2D eigenvalue weighted by molar-refractivity contribution is 5.99. The van der Waals surface area contributed by atoms with Gasteiger partial charge < -0.3 is 15.7 Å². The second-order valence-electron chi connectivity index (χ2n) is 4.72. The second-order valence-corrected chi connectivity index (χ2v) is 4.72. The lowest BCUT2D eigenvalue weighted by molar-refractivity contribution is 0.217. The van der Waals surface area contributed by atoms with Crippen LogP contribution in [0.4, 0.5) is 0 Å². The Labute approximate surface area is 107 Å². The van der Waals surface area contributed by atoms with E-state index in [0.717, 1.165) is 18.0 Å². The minimum atomic E-state index is 0.0288. The summed E-state index contributed by atoms with van der Waals surface area (Å²) >= 11 is 0. The van der Waals surface area contributed by atoms with E-state index in [1.165, 1.54) is 19.3 Å². The van der Waals surface area contributed by atoms with Crippen molar-refractivity contribution in [2.75, 3.05) is 6.61 Å². The minimum absolute atomic E-state index is 0.0288. The fraction of sp³-hybridized carbons (Fsp3) is 0.538. The summed E-state index contributed by atoms with van der Waals surface area (Å²) in [4.78, 5) is 4.29. The largest absolute Gasteiger partial charge is 0.477 e. The number of amidine groups is 1. The minimum Gasteiger partial charge on any atom is -0.477 e. The first kappa shape index (κ1) is 12.7. The van der Waals surface area contributed by atoms with Crippen molar-refractivity contribution in [2.45, 2.75) is 32.6 Å². The van der Waals surface area contributed by atoms with Gasteiger partial charge in [0.05, 0.1) is 12.2 Å². The van der Waals surface area contributed by atoms with Crippen molar-refractivity contribution in [3.63, 3.8) is 0 Å². The van der Waals surface area contributed by atoms with Gasteiger partial charge in [0.2, 0.25) is 5.88 Å². The van der Waals surface area contributed by atoms with Gasteiger partial charge >= 0.3 is 0 Å². The van der Waals surface area contributed by atoms with Gasteiger partial charge in [-0.3, -0.25) is 0 Å². The molecule has 18 heavy (non-hydrogen) atoms. The SMILES string of the molecule is Cc1ccc(/C(N)=N/O)c(OCCC2CCC2)n1. The van der Waals surface area contributed by atoms with Gasteiger partial charge in [-0.25, -0.2) is 4.98 Å². The molecule has 1 fully saturated rings. The molecule has 3 N–H and O–H groups in total. The average Bonchev–Trinajstić information content (AvgIpc) is 2.31. The third-order valence-electron chi connectivity index (χ3n) is 3.37. The van der Waals surface area contributed by atoms with Crippen LogP contribution in [0.1, 0.15) is 36.9 Å². The second kappa shape index (κ2) is 5.71. The Morgan fingerprint density at radius 2 is 2.33 bits per heavy atom. The Kier molecular flexibility index (Phi) is 4.02. The van der Waals surface area contributed by atoms with Crippen LogP contribution in [0.15, 0.2) is 17.3 Å². The van der Waals surface area contributed by atoms with Crippen molar-refractivity contribution in [3.05, 3.63) is 23.4 Å². The molecule has 1 aromatic heterocycles. The molecule has 0 aliphatic heterocycles. The van der Waals surface area contributed by atoms with Gasteiger partial charge in [-0.05, 0) is 31.4 Å². The normalized spacial score (nSPS) is 16.4. The zero-order valence-electron chi connectivity index (χ0n) is 10.6. The lowest BCUT2D eigenvalue weighted by atomic mass is 9.83. The fourth-order valence-corrected chi connectivity index (χ4v) is 2.00. The van der Waals surface area contributed by atoms with Crippen LogP contribution in [0.5, 0.6) is 5.88 Å². The van der Waals surface area contributed by atoms with Crippen molar-refractivity contribution in [1.82, 2.24) is 4.98 Å². The highest BCUT2D eigenvalue weighted by Crippen LogP contribution is 2.29. The van der Waals surface area contributed by atoms with Crippen LogP contribution in [0.2, 0.25) is 0 Å².